The second kappa shape index (κ2) is 8.11. The molecule has 1 heterocycles. The number of halogens is 1. The Morgan fingerprint density at radius 3 is 2.67 bits per heavy atom. The molecule has 0 atom stereocenters. The maximum atomic E-state index is 12.5. The van der Waals surface area contributed by atoms with E-state index in [9.17, 15) is 4.79 Å². The van der Waals surface area contributed by atoms with Crippen molar-refractivity contribution in [2.75, 3.05) is 17.2 Å². The van der Waals surface area contributed by atoms with Gasteiger partial charge >= 0.3 is 0 Å². The van der Waals surface area contributed by atoms with Gasteiger partial charge in [0.05, 0.1) is 0 Å². The average Bonchev–Trinajstić information content (AvgIpc) is 2.50. The van der Waals surface area contributed by atoms with Gasteiger partial charge in [-0.2, -0.15) is 0 Å². The molecule has 0 fully saturated rings. The minimum absolute atomic E-state index is 0.280. The van der Waals surface area contributed by atoms with Crippen molar-refractivity contribution in [2.24, 2.45) is 5.92 Å². The molecule has 6 heteroatoms. The number of amides is 1. The summed E-state index contributed by atoms with van der Waals surface area (Å²) >= 11 is 5.99. The van der Waals surface area contributed by atoms with Crippen LogP contribution in [0.4, 0.5) is 11.6 Å². The highest BCUT2D eigenvalue weighted by atomic mass is 35.5. The van der Waals surface area contributed by atoms with Gasteiger partial charge in [0.25, 0.3) is 5.91 Å². The third-order valence-corrected chi connectivity index (χ3v) is 3.77. The highest BCUT2D eigenvalue weighted by molar-refractivity contribution is 6.31. The van der Waals surface area contributed by atoms with Crippen LogP contribution in [0, 0.1) is 19.8 Å². The fourth-order valence-corrected chi connectivity index (χ4v) is 2.32. The molecule has 1 aromatic carbocycles. The van der Waals surface area contributed by atoms with Crippen LogP contribution < -0.4 is 10.6 Å². The maximum absolute atomic E-state index is 12.5. The van der Waals surface area contributed by atoms with Gasteiger partial charge in [-0.15, -0.1) is 0 Å². The van der Waals surface area contributed by atoms with Gasteiger partial charge in [-0.05, 0) is 49.9 Å². The number of nitrogens with one attached hydrogen (secondary N) is 2. The lowest BCUT2D eigenvalue weighted by atomic mass is 10.1. The van der Waals surface area contributed by atoms with E-state index >= 15 is 0 Å². The monoisotopic (exact) mass is 346 g/mol. The number of benzene rings is 1. The Morgan fingerprint density at radius 1 is 1.21 bits per heavy atom. The molecular formula is C18H23ClN4O. The number of hydrogen-bond acceptors (Lipinski definition) is 4. The van der Waals surface area contributed by atoms with Crippen molar-refractivity contribution in [1.82, 2.24) is 9.97 Å². The number of hydrogen-bond donors (Lipinski definition) is 2. The third-order valence-electron chi connectivity index (χ3n) is 3.54. The quantitative estimate of drug-likeness (QED) is 0.810. The molecule has 0 spiro atoms. The largest absolute Gasteiger partial charge is 0.354 e. The summed E-state index contributed by atoms with van der Waals surface area (Å²) < 4.78 is 0. The Kier molecular flexibility index (Phi) is 6.15. The number of anilines is 2. The van der Waals surface area contributed by atoms with E-state index in [-0.39, 0.29) is 5.91 Å². The molecule has 0 saturated carbocycles. The summed E-state index contributed by atoms with van der Waals surface area (Å²) in [7, 11) is 0. The van der Waals surface area contributed by atoms with Crippen LogP contribution in [0.3, 0.4) is 0 Å². The van der Waals surface area contributed by atoms with E-state index in [1.54, 1.807) is 18.2 Å². The summed E-state index contributed by atoms with van der Waals surface area (Å²) in [6, 6.07) is 7.05. The van der Waals surface area contributed by atoms with E-state index in [0.717, 1.165) is 24.2 Å². The minimum Gasteiger partial charge on any atom is -0.354 e. The van der Waals surface area contributed by atoms with Crippen molar-refractivity contribution in [3.8, 4) is 0 Å². The summed E-state index contributed by atoms with van der Waals surface area (Å²) in [6.07, 6.45) is 1.01. The second-order valence-corrected chi connectivity index (χ2v) is 6.68. The fraction of sp³-hybridized carbons (Fsp3) is 0.389. The number of nitrogens with zero attached hydrogens (tertiary/aromatic N) is 2. The lowest BCUT2D eigenvalue weighted by molar-refractivity contribution is 0.102. The topological polar surface area (TPSA) is 66.9 Å². The van der Waals surface area contributed by atoms with Gasteiger partial charge in [0.2, 0.25) is 5.95 Å². The molecule has 24 heavy (non-hydrogen) atoms. The molecule has 2 N–H and O–H groups in total. The summed E-state index contributed by atoms with van der Waals surface area (Å²) in [5.41, 5.74) is 2.69. The van der Waals surface area contributed by atoms with Crippen LogP contribution in [0.5, 0.6) is 0 Å². The number of carbonyl (C=O) groups excluding carboxylic acids is 1. The van der Waals surface area contributed by atoms with Crippen molar-refractivity contribution in [3.63, 3.8) is 0 Å². The highest BCUT2D eigenvalue weighted by Crippen LogP contribution is 2.21. The molecule has 0 aliphatic rings. The summed E-state index contributed by atoms with van der Waals surface area (Å²) in [5, 5.41) is 6.60. The molecule has 5 nitrogen and oxygen atoms in total. The Morgan fingerprint density at radius 2 is 1.96 bits per heavy atom. The SMILES string of the molecule is Cc1cc(C(=O)Nc2cc(Cl)ccc2C)nc(NCCC(C)C)n1. The maximum Gasteiger partial charge on any atom is 0.274 e. The molecular weight excluding hydrogens is 324 g/mol. The van der Waals surface area contributed by atoms with Crippen molar-refractivity contribution in [1.29, 1.82) is 0 Å². The van der Waals surface area contributed by atoms with Gasteiger partial charge in [-0.25, -0.2) is 9.97 Å². The zero-order valence-corrected chi connectivity index (χ0v) is 15.2. The first-order chi connectivity index (χ1) is 11.3. The lowest BCUT2D eigenvalue weighted by Gasteiger charge is -2.11. The van der Waals surface area contributed by atoms with Crippen LogP contribution in [-0.2, 0) is 0 Å². The van der Waals surface area contributed by atoms with Crippen LogP contribution in [0.1, 0.15) is 42.0 Å². The first-order valence-electron chi connectivity index (χ1n) is 8.02. The first-order valence-corrected chi connectivity index (χ1v) is 8.40. The number of aryl methyl sites for hydroxylation is 2. The van der Waals surface area contributed by atoms with E-state index < -0.39 is 0 Å². The van der Waals surface area contributed by atoms with E-state index in [0.29, 0.717) is 28.3 Å². The fourth-order valence-electron chi connectivity index (χ4n) is 2.15. The minimum atomic E-state index is -0.280. The van der Waals surface area contributed by atoms with Gasteiger partial charge in [0.15, 0.2) is 0 Å². The van der Waals surface area contributed by atoms with E-state index in [1.165, 1.54) is 0 Å². The summed E-state index contributed by atoms with van der Waals surface area (Å²) in [5.74, 6) is 0.789. The van der Waals surface area contributed by atoms with Gasteiger partial charge in [0.1, 0.15) is 5.69 Å². The first kappa shape index (κ1) is 18.2. The van der Waals surface area contributed by atoms with Gasteiger partial charge < -0.3 is 10.6 Å². The molecule has 2 rings (SSSR count). The molecule has 0 aliphatic heterocycles. The zero-order chi connectivity index (χ0) is 17.7. The zero-order valence-electron chi connectivity index (χ0n) is 14.5. The Labute approximate surface area is 147 Å². The average molecular weight is 347 g/mol. The molecule has 0 aliphatic carbocycles. The van der Waals surface area contributed by atoms with Crippen molar-refractivity contribution >= 4 is 29.1 Å². The molecule has 0 bridgehead atoms. The molecule has 0 unspecified atom stereocenters. The molecule has 0 radical (unpaired) electrons. The number of rotatable bonds is 6. The Balaban J connectivity index is 2.14. The lowest BCUT2D eigenvalue weighted by Crippen LogP contribution is -2.17. The van der Waals surface area contributed by atoms with E-state index in [4.69, 9.17) is 11.6 Å². The van der Waals surface area contributed by atoms with Crippen LogP contribution >= 0.6 is 11.6 Å². The van der Waals surface area contributed by atoms with Crippen LogP contribution in [0.25, 0.3) is 0 Å². The van der Waals surface area contributed by atoms with Crippen molar-refractivity contribution in [3.05, 3.63) is 46.2 Å². The predicted octanol–water partition coefficient (Wildman–Crippen LogP) is 4.46. The molecule has 2 aromatic rings. The van der Waals surface area contributed by atoms with E-state index in [2.05, 4.69) is 34.4 Å². The van der Waals surface area contributed by atoms with Gasteiger partial charge in [-0.3, -0.25) is 4.79 Å². The predicted molar refractivity (Wildman–Crippen MR) is 98.9 cm³/mol. The Hall–Kier alpha value is -2.14. The van der Waals surface area contributed by atoms with Crippen LogP contribution in [0.15, 0.2) is 24.3 Å². The van der Waals surface area contributed by atoms with Crippen LogP contribution in [0.2, 0.25) is 5.02 Å². The molecule has 1 amide bonds. The van der Waals surface area contributed by atoms with Crippen molar-refractivity contribution in [2.45, 2.75) is 34.1 Å². The summed E-state index contributed by atoms with van der Waals surface area (Å²) in [4.78, 5) is 21.1. The standard InChI is InChI=1S/C18H23ClN4O/c1-11(2)7-8-20-18-21-13(4)9-16(23-18)17(24)22-15-10-14(19)6-5-12(15)3/h5-6,9-11H,7-8H2,1-4H3,(H,22,24)(H,20,21,23). The smallest absolute Gasteiger partial charge is 0.274 e. The van der Waals surface area contributed by atoms with Crippen LogP contribution in [-0.4, -0.2) is 22.4 Å². The van der Waals surface area contributed by atoms with Gasteiger partial charge in [0, 0.05) is 22.9 Å². The normalized spacial score (nSPS) is 10.8. The molecule has 0 saturated heterocycles. The number of aromatic nitrogens is 2. The van der Waals surface area contributed by atoms with E-state index in [1.807, 2.05) is 19.9 Å². The third kappa shape index (κ3) is 5.20. The second-order valence-electron chi connectivity index (χ2n) is 6.24. The van der Waals surface area contributed by atoms with Crippen molar-refractivity contribution < 1.29 is 4.79 Å². The highest BCUT2D eigenvalue weighted by Gasteiger charge is 2.12. The summed E-state index contributed by atoms with van der Waals surface area (Å²) in [6.45, 7) is 8.85. The van der Waals surface area contributed by atoms with Gasteiger partial charge in [-0.1, -0.05) is 31.5 Å². The Bertz CT molecular complexity index is 731. The number of carbonyl (C=O) groups is 1. The molecule has 128 valence electrons. The molecule has 1 aromatic heterocycles.